The van der Waals surface area contributed by atoms with Crippen LogP contribution in [0.2, 0.25) is 0 Å². The molecule has 7 nitrogen and oxygen atoms in total. The Morgan fingerprint density at radius 2 is 1.71 bits per heavy atom. The van der Waals surface area contributed by atoms with E-state index in [9.17, 15) is 19.5 Å². The lowest BCUT2D eigenvalue weighted by atomic mass is 9.76. The number of carboxylic acids is 1. The van der Waals surface area contributed by atoms with Gasteiger partial charge < -0.3 is 20.1 Å². The minimum Gasteiger partial charge on any atom is -0.480 e. The van der Waals surface area contributed by atoms with Gasteiger partial charge in [-0.05, 0) is 46.4 Å². The van der Waals surface area contributed by atoms with Crippen LogP contribution in [0.3, 0.4) is 0 Å². The summed E-state index contributed by atoms with van der Waals surface area (Å²) in [5.74, 6) is 3.45. The average molecular weight is 461 g/mol. The number of carbonyl (C=O) groups excluding carboxylic acids is 2. The molecule has 1 heterocycles. The molecule has 0 saturated carbocycles. The summed E-state index contributed by atoms with van der Waals surface area (Å²) < 4.78 is 5.45. The van der Waals surface area contributed by atoms with Crippen molar-refractivity contribution in [2.24, 2.45) is 5.41 Å². The first kappa shape index (κ1) is 23.4. The predicted octanol–water partition coefficient (Wildman–Crippen LogP) is 3.63. The van der Waals surface area contributed by atoms with Crippen LogP contribution in [-0.2, 0) is 14.3 Å². The Hall–Kier alpha value is -3.79. The Kier molecular flexibility index (Phi) is 6.60. The molecular formula is C27H28N2O5. The molecule has 2 aromatic carbocycles. The van der Waals surface area contributed by atoms with E-state index in [1.807, 2.05) is 50.2 Å². The van der Waals surface area contributed by atoms with Crippen molar-refractivity contribution in [1.82, 2.24) is 10.2 Å². The van der Waals surface area contributed by atoms with E-state index < -0.39 is 29.4 Å². The Morgan fingerprint density at radius 1 is 1.09 bits per heavy atom. The number of amides is 2. The van der Waals surface area contributed by atoms with Crippen LogP contribution >= 0.6 is 0 Å². The maximum atomic E-state index is 12.5. The van der Waals surface area contributed by atoms with Crippen molar-refractivity contribution in [2.75, 3.05) is 19.7 Å². The molecule has 4 rings (SSSR count). The Bertz CT molecular complexity index is 1130. The summed E-state index contributed by atoms with van der Waals surface area (Å²) >= 11 is 0. The predicted molar refractivity (Wildman–Crippen MR) is 127 cm³/mol. The summed E-state index contributed by atoms with van der Waals surface area (Å²) in [4.78, 5) is 37.8. The van der Waals surface area contributed by atoms with E-state index >= 15 is 0 Å². The van der Waals surface area contributed by atoms with Gasteiger partial charge in [0, 0.05) is 12.5 Å². The maximum absolute atomic E-state index is 12.5. The van der Waals surface area contributed by atoms with Gasteiger partial charge in [0.1, 0.15) is 12.6 Å². The van der Waals surface area contributed by atoms with Crippen molar-refractivity contribution < 1.29 is 24.2 Å². The fourth-order valence-corrected chi connectivity index (χ4v) is 5.04. The first-order chi connectivity index (χ1) is 16.3. The second-order valence-electron chi connectivity index (χ2n) is 9.31. The molecule has 0 spiro atoms. The molecule has 7 heteroatoms. The highest BCUT2D eigenvalue weighted by molar-refractivity contribution is 5.96. The second-order valence-corrected chi connectivity index (χ2v) is 9.31. The minimum absolute atomic E-state index is 0.0405. The van der Waals surface area contributed by atoms with Crippen LogP contribution in [-0.4, -0.2) is 53.7 Å². The van der Waals surface area contributed by atoms with E-state index in [1.165, 1.54) is 4.90 Å². The van der Waals surface area contributed by atoms with E-state index in [2.05, 4.69) is 29.3 Å². The normalized spacial score (nSPS) is 18.2. The number of alkyl carbamates (subject to hydrolysis) is 1. The van der Waals surface area contributed by atoms with Gasteiger partial charge >= 0.3 is 12.1 Å². The molecule has 2 aromatic rings. The summed E-state index contributed by atoms with van der Waals surface area (Å²) in [5, 5.41) is 12.1. The number of ether oxygens (including phenoxy) is 1. The number of benzene rings is 2. The van der Waals surface area contributed by atoms with Crippen molar-refractivity contribution in [3.8, 4) is 23.0 Å². The molecule has 2 amide bonds. The maximum Gasteiger partial charge on any atom is 0.407 e. The van der Waals surface area contributed by atoms with Gasteiger partial charge in [-0.15, -0.1) is 0 Å². The number of carbonyl (C=O) groups is 3. The third-order valence-corrected chi connectivity index (χ3v) is 6.63. The number of nitrogens with zero attached hydrogens (tertiary/aromatic N) is 1. The Balaban J connectivity index is 1.31. The van der Waals surface area contributed by atoms with Gasteiger partial charge in [-0.2, -0.15) is 0 Å². The SMILES string of the molecule is CC1(C)CCCN(C(=O)C#CCNC(=O)OCC2c3ccccc3-c3ccccc32)C1C(=O)O. The fourth-order valence-electron chi connectivity index (χ4n) is 5.04. The van der Waals surface area contributed by atoms with Crippen molar-refractivity contribution in [2.45, 2.75) is 38.6 Å². The molecule has 2 aliphatic rings. The average Bonchev–Trinajstić information content (AvgIpc) is 3.13. The highest BCUT2D eigenvalue weighted by Crippen LogP contribution is 2.44. The number of hydrogen-bond acceptors (Lipinski definition) is 4. The molecule has 0 radical (unpaired) electrons. The van der Waals surface area contributed by atoms with Crippen LogP contribution < -0.4 is 5.32 Å². The number of nitrogens with one attached hydrogen (secondary N) is 1. The lowest BCUT2D eigenvalue weighted by Crippen LogP contribution is -2.56. The summed E-state index contributed by atoms with van der Waals surface area (Å²) in [7, 11) is 0. The monoisotopic (exact) mass is 460 g/mol. The summed E-state index contributed by atoms with van der Waals surface area (Å²) in [6.45, 7) is 4.16. The molecular weight excluding hydrogens is 432 g/mol. The molecule has 0 aromatic heterocycles. The standard InChI is InChI=1S/C27H28N2O5/c1-27(2)14-8-16-29(24(27)25(31)32)23(30)13-7-15-28-26(33)34-17-22-20-11-5-3-9-18(20)19-10-4-6-12-21(19)22/h3-6,9-12,22,24H,8,14-17H2,1-2H3,(H,28,33)(H,31,32). The van der Waals surface area contributed by atoms with Gasteiger partial charge in [0.2, 0.25) is 0 Å². The van der Waals surface area contributed by atoms with Crippen LogP contribution in [0.5, 0.6) is 0 Å². The van der Waals surface area contributed by atoms with Crippen LogP contribution in [0.1, 0.15) is 43.7 Å². The zero-order valence-electron chi connectivity index (χ0n) is 19.3. The number of likely N-dealkylation sites (tertiary alicyclic amines) is 1. The van der Waals surface area contributed by atoms with E-state index in [0.717, 1.165) is 35.1 Å². The van der Waals surface area contributed by atoms with Crippen molar-refractivity contribution in [3.05, 3.63) is 59.7 Å². The molecule has 1 aliphatic carbocycles. The first-order valence-electron chi connectivity index (χ1n) is 11.4. The third kappa shape index (κ3) is 4.62. The largest absolute Gasteiger partial charge is 0.480 e. The number of rotatable bonds is 4. The number of aliphatic carboxylic acids is 1. The summed E-state index contributed by atoms with van der Waals surface area (Å²) in [6, 6.07) is 15.3. The summed E-state index contributed by atoms with van der Waals surface area (Å²) in [6.07, 6.45) is 0.832. The van der Waals surface area contributed by atoms with Gasteiger partial charge in [-0.25, -0.2) is 9.59 Å². The fraction of sp³-hybridized carbons (Fsp3) is 0.370. The topological polar surface area (TPSA) is 95.9 Å². The number of fused-ring (bicyclic) bond motifs is 3. The number of piperidine rings is 1. The van der Waals surface area contributed by atoms with Crippen molar-refractivity contribution >= 4 is 18.0 Å². The van der Waals surface area contributed by atoms with Gasteiger partial charge in [0.15, 0.2) is 0 Å². The first-order valence-corrected chi connectivity index (χ1v) is 11.4. The minimum atomic E-state index is -1.03. The number of carboxylic acid groups (broad SMARTS) is 1. The highest BCUT2D eigenvalue weighted by Gasteiger charge is 2.44. The second kappa shape index (κ2) is 9.60. The zero-order valence-corrected chi connectivity index (χ0v) is 19.3. The van der Waals surface area contributed by atoms with Crippen LogP contribution in [0.25, 0.3) is 11.1 Å². The van der Waals surface area contributed by atoms with Crippen LogP contribution in [0.15, 0.2) is 48.5 Å². The van der Waals surface area contributed by atoms with E-state index in [0.29, 0.717) is 6.54 Å². The quantitative estimate of drug-likeness (QED) is 0.680. The van der Waals surface area contributed by atoms with Crippen molar-refractivity contribution in [1.29, 1.82) is 0 Å². The molecule has 2 N–H and O–H groups in total. The smallest absolute Gasteiger partial charge is 0.407 e. The Morgan fingerprint density at radius 3 is 2.32 bits per heavy atom. The molecule has 1 aliphatic heterocycles. The number of hydrogen-bond donors (Lipinski definition) is 2. The van der Waals surface area contributed by atoms with Gasteiger partial charge in [0.05, 0.1) is 6.54 Å². The zero-order chi connectivity index (χ0) is 24.3. The molecule has 34 heavy (non-hydrogen) atoms. The van der Waals surface area contributed by atoms with Gasteiger partial charge in [-0.3, -0.25) is 4.79 Å². The molecule has 1 fully saturated rings. The lowest BCUT2D eigenvalue weighted by Gasteiger charge is -2.43. The van der Waals surface area contributed by atoms with Gasteiger partial charge in [0.25, 0.3) is 5.91 Å². The van der Waals surface area contributed by atoms with Crippen molar-refractivity contribution in [3.63, 3.8) is 0 Å². The van der Waals surface area contributed by atoms with E-state index in [-0.39, 0.29) is 19.1 Å². The van der Waals surface area contributed by atoms with E-state index in [4.69, 9.17) is 4.74 Å². The summed E-state index contributed by atoms with van der Waals surface area (Å²) in [5.41, 5.74) is 4.02. The molecule has 176 valence electrons. The molecule has 1 atom stereocenters. The third-order valence-electron chi connectivity index (χ3n) is 6.63. The van der Waals surface area contributed by atoms with Crippen LogP contribution in [0.4, 0.5) is 4.79 Å². The van der Waals surface area contributed by atoms with E-state index in [1.54, 1.807) is 0 Å². The Labute approximate surface area is 199 Å². The van der Waals surface area contributed by atoms with Gasteiger partial charge in [-0.1, -0.05) is 68.3 Å². The van der Waals surface area contributed by atoms with Crippen LogP contribution in [0, 0.1) is 17.3 Å². The molecule has 0 bridgehead atoms. The molecule has 1 saturated heterocycles. The molecule has 1 unspecified atom stereocenters. The highest BCUT2D eigenvalue weighted by atomic mass is 16.5. The lowest BCUT2D eigenvalue weighted by molar-refractivity contribution is -0.156.